The van der Waals surface area contributed by atoms with Crippen LogP contribution in [0.1, 0.15) is 76.4 Å². The van der Waals surface area contributed by atoms with Crippen molar-refractivity contribution < 1.29 is 18.9 Å². The summed E-state index contributed by atoms with van der Waals surface area (Å²) in [4.78, 5) is 0. The molecular weight excluding hydrogens is 388 g/mol. The summed E-state index contributed by atoms with van der Waals surface area (Å²) in [5, 5.41) is 0. The maximum atomic E-state index is 6.09. The van der Waals surface area contributed by atoms with Crippen LogP contribution in [-0.4, -0.2) is 26.4 Å². The van der Waals surface area contributed by atoms with Gasteiger partial charge in [0.25, 0.3) is 0 Å². The van der Waals surface area contributed by atoms with Gasteiger partial charge in [0.1, 0.15) is 0 Å². The molecule has 1 spiro atoms. The molecule has 0 N–H and O–H groups in total. The van der Waals surface area contributed by atoms with E-state index in [4.69, 9.17) is 18.9 Å². The SMILES string of the molecule is CC(C)(C)c1ccc(C2OCC3(CO2)COC(c2ccc(C(C)(C)C)cc2)OC3)cc1. The van der Waals surface area contributed by atoms with Crippen LogP contribution in [-0.2, 0) is 29.8 Å². The summed E-state index contributed by atoms with van der Waals surface area (Å²) >= 11 is 0. The van der Waals surface area contributed by atoms with E-state index in [9.17, 15) is 0 Å². The average molecular weight is 425 g/mol. The minimum Gasteiger partial charge on any atom is -0.348 e. The number of ether oxygens (including phenoxy) is 4. The molecule has 4 rings (SSSR count). The van der Waals surface area contributed by atoms with E-state index in [-0.39, 0.29) is 28.8 Å². The van der Waals surface area contributed by atoms with Gasteiger partial charge in [-0.15, -0.1) is 0 Å². The van der Waals surface area contributed by atoms with Crippen molar-refractivity contribution in [1.82, 2.24) is 0 Å². The first-order chi connectivity index (χ1) is 14.6. The highest BCUT2D eigenvalue weighted by atomic mass is 16.7. The van der Waals surface area contributed by atoms with Crippen LogP contribution in [0.3, 0.4) is 0 Å². The summed E-state index contributed by atoms with van der Waals surface area (Å²) in [7, 11) is 0. The highest BCUT2D eigenvalue weighted by Gasteiger charge is 2.42. The lowest BCUT2D eigenvalue weighted by Gasteiger charge is -2.43. The maximum absolute atomic E-state index is 6.09. The lowest BCUT2D eigenvalue weighted by molar-refractivity contribution is -0.307. The third kappa shape index (κ3) is 5.04. The van der Waals surface area contributed by atoms with Crippen molar-refractivity contribution in [3.05, 3.63) is 70.8 Å². The summed E-state index contributed by atoms with van der Waals surface area (Å²) < 4.78 is 24.4. The van der Waals surface area contributed by atoms with Crippen LogP contribution in [0.5, 0.6) is 0 Å². The lowest BCUT2D eigenvalue weighted by atomic mass is 9.86. The van der Waals surface area contributed by atoms with Crippen molar-refractivity contribution in [3.8, 4) is 0 Å². The highest BCUT2D eigenvalue weighted by molar-refractivity contribution is 5.29. The molecule has 2 aromatic carbocycles. The van der Waals surface area contributed by atoms with Crippen molar-refractivity contribution >= 4 is 0 Å². The third-order valence-corrected chi connectivity index (χ3v) is 6.26. The summed E-state index contributed by atoms with van der Waals surface area (Å²) in [5.74, 6) is 0. The standard InChI is InChI=1S/C27H36O4/c1-25(2,3)21-11-7-19(8-12-21)23-28-15-27(16-29-23)17-30-24(31-18-27)20-9-13-22(14-10-20)26(4,5)6/h7-14,23-24H,15-18H2,1-6H3. The van der Waals surface area contributed by atoms with Gasteiger partial charge in [-0.3, -0.25) is 0 Å². The molecule has 4 heteroatoms. The van der Waals surface area contributed by atoms with E-state index in [1.807, 2.05) is 0 Å². The second kappa shape index (κ2) is 8.32. The van der Waals surface area contributed by atoms with Gasteiger partial charge < -0.3 is 18.9 Å². The molecule has 2 aliphatic heterocycles. The molecule has 2 aliphatic rings. The minimum atomic E-state index is -0.331. The molecule has 0 saturated carbocycles. The molecule has 4 nitrogen and oxygen atoms in total. The number of rotatable bonds is 2. The third-order valence-electron chi connectivity index (χ3n) is 6.26. The van der Waals surface area contributed by atoms with Crippen LogP contribution in [0.4, 0.5) is 0 Å². The average Bonchev–Trinajstić information content (AvgIpc) is 2.74. The zero-order valence-corrected chi connectivity index (χ0v) is 19.7. The van der Waals surface area contributed by atoms with Gasteiger partial charge in [0, 0.05) is 11.1 Å². The van der Waals surface area contributed by atoms with Gasteiger partial charge in [-0.2, -0.15) is 0 Å². The predicted octanol–water partition coefficient (Wildman–Crippen LogP) is 6.06. The van der Waals surface area contributed by atoms with Crippen molar-refractivity contribution in [2.24, 2.45) is 5.41 Å². The Morgan fingerprint density at radius 1 is 0.548 bits per heavy atom. The predicted molar refractivity (Wildman–Crippen MR) is 122 cm³/mol. The fourth-order valence-electron chi connectivity index (χ4n) is 4.02. The first-order valence-corrected chi connectivity index (χ1v) is 11.2. The minimum absolute atomic E-state index is 0.136. The van der Waals surface area contributed by atoms with E-state index >= 15 is 0 Å². The maximum Gasteiger partial charge on any atom is 0.183 e. The first kappa shape index (κ1) is 22.5. The molecule has 0 bridgehead atoms. The quantitative estimate of drug-likeness (QED) is 0.587. The fraction of sp³-hybridized carbons (Fsp3) is 0.556. The van der Waals surface area contributed by atoms with Crippen molar-refractivity contribution in [1.29, 1.82) is 0 Å². The summed E-state index contributed by atoms with van der Waals surface area (Å²) in [6, 6.07) is 17.1. The van der Waals surface area contributed by atoms with Crippen LogP contribution < -0.4 is 0 Å². The van der Waals surface area contributed by atoms with E-state index in [2.05, 4.69) is 90.1 Å². The van der Waals surface area contributed by atoms with Crippen LogP contribution >= 0.6 is 0 Å². The Kier molecular flexibility index (Phi) is 6.04. The first-order valence-electron chi connectivity index (χ1n) is 11.2. The summed E-state index contributed by atoms with van der Waals surface area (Å²) in [5.41, 5.74) is 4.74. The highest BCUT2D eigenvalue weighted by Crippen LogP contribution is 2.38. The fourth-order valence-corrected chi connectivity index (χ4v) is 4.02. The Hall–Kier alpha value is -1.72. The molecule has 2 fully saturated rings. The van der Waals surface area contributed by atoms with Gasteiger partial charge in [-0.05, 0) is 22.0 Å². The van der Waals surface area contributed by atoms with Gasteiger partial charge in [0.15, 0.2) is 12.6 Å². The van der Waals surface area contributed by atoms with Crippen LogP contribution in [0.15, 0.2) is 48.5 Å². The second-order valence-electron chi connectivity index (χ2n) is 11.2. The Morgan fingerprint density at radius 2 is 0.839 bits per heavy atom. The van der Waals surface area contributed by atoms with Crippen LogP contribution in [0.25, 0.3) is 0 Å². The Balaban J connectivity index is 1.32. The normalized spacial score (nSPS) is 27.4. The van der Waals surface area contributed by atoms with Gasteiger partial charge in [0.2, 0.25) is 0 Å². The van der Waals surface area contributed by atoms with E-state index in [1.165, 1.54) is 11.1 Å². The molecule has 168 valence electrons. The molecule has 0 aromatic heterocycles. The van der Waals surface area contributed by atoms with Crippen molar-refractivity contribution in [2.45, 2.75) is 65.0 Å². The Labute approximate surface area is 186 Å². The van der Waals surface area contributed by atoms with E-state index in [0.29, 0.717) is 26.4 Å². The molecule has 0 unspecified atom stereocenters. The van der Waals surface area contributed by atoms with Crippen molar-refractivity contribution in [2.75, 3.05) is 26.4 Å². The van der Waals surface area contributed by atoms with E-state index in [0.717, 1.165) is 11.1 Å². The smallest absolute Gasteiger partial charge is 0.183 e. The summed E-state index contributed by atoms with van der Waals surface area (Å²) in [6.45, 7) is 15.6. The van der Waals surface area contributed by atoms with Gasteiger partial charge in [-0.25, -0.2) is 0 Å². The molecule has 2 heterocycles. The molecule has 0 amide bonds. The molecule has 2 aromatic rings. The Morgan fingerprint density at radius 3 is 1.10 bits per heavy atom. The largest absolute Gasteiger partial charge is 0.348 e. The number of benzene rings is 2. The monoisotopic (exact) mass is 424 g/mol. The molecule has 2 saturated heterocycles. The van der Waals surface area contributed by atoms with Crippen LogP contribution in [0, 0.1) is 5.41 Å². The van der Waals surface area contributed by atoms with E-state index < -0.39 is 0 Å². The Bertz CT molecular complexity index is 776. The zero-order valence-electron chi connectivity index (χ0n) is 19.7. The molecule has 31 heavy (non-hydrogen) atoms. The van der Waals surface area contributed by atoms with Crippen molar-refractivity contribution in [3.63, 3.8) is 0 Å². The topological polar surface area (TPSA) is 36.9 Å². The lowest BCUT2D eigenvalue weighted by Crippen LogP contribution is -2.49. The zero-order chi connectivity index (χ0) is 22.3. The molecule has 0 radical (unpaired) electrons. The molecule has 0 atom stereocenters. The van der Waals surface area contributed by atoms with E-state index in [1.54, 1.807) is 0 Å². The van der Waals surface area contributed by atoms with Gasteiger partial charge >= 0.3 is 0 Å². The molecule has 0 aliphatic carbocycles. The van der Waals surface area contributed by atoms with Crippen LogP contribution in [0.2, 0.25) is 0 Å². The van der Waals surface area contributed by atoms with Gasteiger partial charge in [0.05, 0.1) is 31.8 Å². The number of hydrogen-bond acceptors (Lipinski definition) is 4. The number of hydrogen-bond donors (Lipinski definition) is 0. The summed E-state index contributed by atoms with van der Waals surface area (Å²) in [6.07, 6.45) is -0.662. The second-order valence-corrected chi connectivity index (χ2v) is 11.2. The van der Waals surface area contributed by atoms with Gasteiger partial charge in [-0.1, -0.05) is 90.1 Å². The molecular formula is C27H36O4.